The molecule has 0 saturated heterocycles. The van der Waals surface area contributed by atoms with Crippen LogP contribution < -0.4 is 10.6 Å². The van der Waals surface area contributed by atoms with Gasteiger partial charge in [0.25, 0.3) is 10.0 Å². The summed E-state index contributed by atoms with van der Waals surface area (Å²) in [6, 6.07) is 0.127. The lowest BCUT2D eigenvalue weighted by Crippen LogP contribution is -2.38. The molecule has 0 aromatic carbocycles. The smallest absolute Gasteiger partial charge is 0.297 e. The monoisotopic (exact) mass is 259 g/mol. The largest absolute Gasteiger partial charge is 0.353 e. The van der Waals surface area contributed by atoms with E-state index in [0.717, 1.165) is 5.56 Å². The molecule has 0 amide bonds. The number of sulfonamides is 1. The molecule has 1 aliphatic heterocycles. The summed E-state index contributed by atoms with van der Waals surface area (Å²) in [4.78, 5) is 0. The van der Waals surface area contributed by atoms with Gasteiger partial charge in [-0.05, 0) is 31.7 Å². The Labute approximate surface area is 98.6 Å². The topological polar surface area (TPSA) is 70.6 Å². The highest BCUT2D eigenvalue weighted by atomic mass is 32.2. The first kappa shape index (κ1) is 11.4. The second-order valence-electron chi connectivity index (χ2n) is 3.92. The van der Waals surface area contributed by atoms with E-state index in [9.17, 15) is 8.42 Å². The molecule has 0 saturated carbocycles. The Balaban J connectivity index is 2.45. The Morgan fingerprint density at radius 3 is 2.81 bits per heavy atom. The fraction of sp³-hybridized carbons (Fsp3) is 0.444. The van der Waals surface area contributed by atoms with E-state index in [4.69, 9.17) is 0 Å². The van der Waals surface area contributed by atoms with Crippen LogP contribution in [0.3, 0.4) is 0 Å². The van der Waals surface area contributed by atoms with E-state index in [1.807, 2.05) is 26.2 Å². The van der Waals surface area contributed by atoms with Gasteiger partial charge in [-0.1, -0.05) is 0 Å². The van der Waals surface area contributed by atoms with Crippen LogP contribution in [-0.4, -0.2) is 20.4 Å². The summed E-state index contributed by atoms with van der Waals surface area (Å²) in [6.07, 6.45) is 0. The van der Waals surface area contributed by atoms with E-state index in [2.05, 4.69) is 15.0 Å². The number of thiophene rings is 1. The summed E-state index contributed by atoms with van der Waals surface area (Å²) >= 11 is 1.19. The zero-order chi connectivity index (χ0) is 11.9. The highest BCUT2D eigenvalue weighted by molar-refractivity contribution is 7.92. The predicted molar refractivity (Wildman–Crippen MR) is 65.6 cm³/mol. The number of nitrogens with one attached hydrogen (secondary N) is 2. The number of aryl methyl sites for hydroxylation is 1. The predicted octanol–water partition coefficient (Wildman–Crippen LogP) is 1.52. The van der Waals surface area contributed by atoms with Gasteiger partial charge in [-0.2, -0.15) is 8.42 Å². The van der Waals surface area contributed by atoms with Gasteiger partial charge in [0.1, 0.15) is 0 Å². The Morgan fingerprint density at radius 2 is 2.19 bits per heavy atom. The maximum absolute atomic E-state index is 11.8. The first-order valence-corrected chi connectivity index (χ1v) is 7.19. The minimum Gasteiger partial charge on any atom is -0.353 e. The Morgan fingerprint density at radius 1 is 1.50 bits per heavy atom. The summed E-state index contributed by atoms with van der Waals surface area (Å²) in [6.45, 7) is 5.72. The van der Waals surface area contributed by atoms with Crippen molar-refractivity contribution >= 4 is 33.0 Å². The second kappa shape index (κ2) is 3.74. The highest BCUT2D eigenvalue weighted by Crippen LogP contribution is 2.35. The minimum atomic E-state index is -3.53. The SMILES string of the molecule is Cc1csc2c1NC(NC(C)C)=NS2(=O)=O. The van der Waals surface area contributed by atoms with Crippen LogP contribution in [0, 0.1) is 6.92 Å². The molecule has 1 aliphatic rings. The van der Waals surface area contributed by atoms with Crippen molar-refractivity contribution in [2.24, 2.45) is 4.40 Å². The van der Waals surface area contributed by atoms with Crippen LogP contribution in [0.15, 0.2) is 14.0 Å². The highest BCUT2D eigenvalue weighted by Gasteiger charge is 2.28. The number of rotatable bonds is 1. The van der Waals surface area contributed by atoms with Crippen LogP contribution in [-0.2, 0) is 10.0 Å². The molecule has 0 atom stereocenters. The standard InChI is InChI=1S/C9H13N3O2S2/c1-5(2)10-9-11-7-6(3)4-15-8(7)16(13,14)12-9/h4-5H,1-3H3,(H2,10,11,12). The summed E-state index contributed by atoms with van der Waals surface area (Å²) in [7, 11) is -3.53. The van der Waals surface area contributed by atoms with E-state index < -0.39 is 10.0 Å². The molecule has 7 heteroatoms. The molecular weight excluding hydrogens is 246 g/mol. The summed E-state index contributed by atoms with van der Waals surface area (Å²) in [5, 5.41) is 7.77. The van der Waals surface area contributed by atoms with Gasteiger partial charge >= 0.3 is 0 Å². The van der Waals surface area contributed by atoms with Gasteiger partial charge < -0.3 is 10.6 Å². The quantitative estimate of drug-likeness (QED) is 0.802. The van der Waals surface area contributed by atoms with E-state index in [-0.39, 0.29) is 6.04 Å². The first-order valence-electron chi connectivity index (χ1n) is 4.87. The van der Waals surface area contributed by atoms with Crippen molar-refractivity contribution in [3.63, 3.8) is 0 Å². The van der Waals surface area contributed by atoms with E-state index in [1.54, 1.807) is 0 Å². The van der Waals surface area contributed by atoms with Crippen LogP contribution in [0.1, 0.15) is 19.4 Å². The molecule has 88 valence electrons. The number of nitrogens with zero attached hydrogens (tertiary/aromatic N) is 1. The molecule has 2 N–H and O–H groups in total. The first-order chi connectivity index (χ1) is 7.40. The number of hydrogen-bond donors (Lipinski definition) is 2. The molecule has 0 bridgehead atoms. The van der Waals surface area contributed by atoms with Crippen molar-refractivity contribution in [2.45, 2.75) is 31.0 Å². The van der Waals surface area contributed by atoms with Crippen molar-refractivity contribution < 1.29 is 8.42 Å². The normalized spacial score (nSPS) is 17.6. The third-order valence-corrected chi connectivity index (χ3v) is 4.96. The Kier molecular flexibility index (Phi) is 2.67. The van der Waals surface area contributed by atoms with Gasteiger partial charge in [0.2, 0.25) is 5.96 Å². The Bertz CT molecular complexity index is 543. The molecule has 1 aromatic rings. The summed E-state index contributed by atoms with van der Waals surface area (Å²) in [5.74, 6) is 0.295. The molecule has 0 unspecified atom stereocenters. The van der Waals surface area contributed by atoms with Gasteiger partial charge in [-0.15, -0.1) is 15.7 Å². The van der Waals surface area contributed by atoms with Crippen molar-refractivity contribution in [3.05, 3.63) is 10.9 Å². The average molecular weight is 259 g/mol. The number of anilines is 1. The van der Waals surface area contributed by atoms with Crippen molar-refractivity contribution in [1.82, 2.24) is 5.32 Å². The van der Waals surface area contributed by atoms with E-state index in [1.165, 1.54) is 11.3 Å². The molecule has 0 fully saturated rings. The van der Waals surface area contributed by atoms with Crippen molar-refractivity contribution in [2.75, 3.05) is 5.32 Å². The van der Waals surface area contributed by atoms with Gasteiger partial charge in [0.15, 0.2) is 4.21 Å². The number of fused-ring (bicyclic) bond motifs is 1. The third kappa shape index (κ3) is 1.92. The summed E-state index contributed by atoms with van der Waals surface area (Å²) in [5.41, 5.74) is 1.56. The zero-order valence-electron chi connectivity index (χ0n) is 9.23. The molecule has 0 spiro atoms. The van der Waals surface area contributed by atoms with Crippen molar-refractivity contribution in [3.8, 4) is 0 Å². The van der Waals surface area contributed by atoms with Crippen LogP contribution in [0.4, 0.5) is 5.69 Å². The van der Waals surface area contributed by atoms with Crippen LogP contribution in [0.5, 0.6) is 0 Å². The fourth-order valence-corrected chi connectivity index (χ4v) is 3.76. The molecule has 5 nitrogen and oxygen atoms in total. The molecule has 1 aromatic heterocycles. The third-order valence-electron chi connectivity index (χ3n) is 2.06. The van der Waals surface area contributed by atoms with E-state index >= 15 is 0 Å². The molecule has 0 aliphatic carbocycles. The van der Waals surface area contributed by atoms with Crippen LogP contribution in [0.2, 0.25) is 0 Å². The van der Waals surface area contributed by atoms with Gasteiger partial charge in [-0.3, -0.25) is 0 Å². The molecule has 2 heterocycles. The van der Waals surface area contributed by atoms with Crippen LogP contribution >= 0.6 is 11.3 Å². The fourth-order valence-electron chi connectivity index (χ4n) is 1.40. The summed E-state index contributed by atoms with van der Waals surface area (Å²) < 4.78 is 27.6. The van der Waals surface area contributed by atoms with Gasteiger partial charge in [0.05, 0.1) is 5.69 Å². The molecular formula is C9H13N3O2S2. The second-order valence-corrected chi connectivity index (χ2v) is 6.60. The maximum atomic E-state index is 11.8. The minimum absolute atomic E-state index is 0.127. The zero-order valence-corrected chi connectivity index (χ0v) is 10.9. The van der Waals surface area contributed by atoms with Crippen molar-refractivity contribution in [1.29, 1.82) is 0 Å². The lowest BCUT2D eigenvalue weighted by atomic mass is 10.3. The van der Waals surface area contributed by atoms with E-state index in [0.29, 0.717) is 15.9 Å². The average Bonchev–Trinajstić information content (AvgIpc) is 2.46. The lowest BCUT2D eigenvalue weighted by molar-refractivity contribution is 0.599. The van der Waals surface area contributed by atoms with Crippen LogP contribution in [0.25, 0.3) is 0 Å². The molecule has 16 heavy (non-hydrogen) atoms. The molecule has 2 rings (SSSR count). The number of guanidine groups is 1. The maximum Gasteiger partial charge on any atom is 0.297 e. The molecule has 0 radical (unpaired) electrons. The lowest BCUT2D eigenvalue weighted by Gasteiger charge is -2.18. The van der Waals surface area contributed by atoms with Gasteiger partial charge in [-0.25, -0.2) is 0 Å². The van der Waals surface area contributed by atoms with Gasteiger partial charge in [0, 0.05) is 6.04 Å². The Hall–Kier alpha value is -1.08. The number of hydrogen-bond acceptors (Lipinski definition) is 5.